The van der Waals surface area contributed by atoms with Gasteiger partial charge in [-0.25, -0.2) is 0 Å². The van der Waals surface area contributed by atoms with Gasteiger partial charge in [-0.1, -0.05) is 27.5 Å². The number of hydrogen-bond donors (Lipinski definition) is 0. The molecule has 14 heavy (non-hydrogen) atoms. The van der Waals surface area contributed by atoms with E-state index in [1.807, 2.05) is 25.1 Å². The van der Waals surface area contributed by atoms with Crippen LogP contribution in [0.5, 0.6) is 0 Å². The Hall–Kier alpha value is -0.600. The van der Waals surface area contributed by atoms with Crippen molar-refractivity contribution in [2.24, 2.45) is 0 Å². The van der Waals surface area contributed by atoms with Crippen molar-refractivity contribution in [3.8, 4) is 0 Å². The lowest BCUT2D eigenvalue weighted by Gasteiger charge is -2.02. The molecule has 0 radical (unpaired) electrons. The van der Waals surface area contributed by atoms with Crippen LogP contribution in [0.3, 0.4) is 0 Å². The number of carbonyl (C=O) groups is 1. The van der Waals surface area contributed by atoms with Gasteiger partial charge in [0.1, 0.15) is 0 Å². The molecule has 1 nitrogen and oxygen atoms in total. The lowest BCUT2D eigenvalue weighted by atomic mass is 10.1. The summed E-state index contributed by atoms with van der Waals surface area (Å²) in [7, 11) is 0. The van der Waals surface area contributed by atoms with Gasteiger partial charge in [-0.2, -0.15) is 0 Å². The van der Waals surface area contributed by atoms with E-state index in [4.69, 9.17) is 11.6 Å². The number of hydrogen-bond acceptors (Lipinski definition) is 1. The summed E-state index contributed by atoms with van der Waals surface area (Å²) < 4.78 is 0.913. The number of rotatable bonds is 2. The van der Waals surface area contributed by atoms with Crippen molar-refractivity contribution >= 4 is 38.9 Å². The monoisotopic (exact) mass is 272 g/mol. The first-order valence-corrected chi connectivity index (χ1v) is 5.31. The van der Waals surface area contributed by atoms with Gasteiger partial charge in [-0.3, -0.25) is 4.79 Å². The van der Waals surface area contributed by atoms with Gasteiger partial charge in [-0.15, -0.1) is 0 Å². The number of allylic oxidation sites excluding steroid dienone is 2. The zero-order chi connectivity index (χ0) is 10.7. The topological polar surface area (TPSA) is 17.1 Å². The molecular formula is C11H10BrClO. The van der Waals surface area contributed by atoms with Gasteiger partial charge in [0.25, 0.3) is 0 Å². The highest BCUT2D eigenvalue weighted by Crippen LogP contribution is 2.24. The van der Waals surface area contributed by atoms with E-state index < -0.39 is 0 Å². The molecule has 0 amide bonds. The SMILES string of the molecule is CC(=O)/C=C(\C)c1cc(Cl)cc(Br)c1. The number of halogens is 2. The fraction of sp³-hybridized carbons (Fsp3) is 0.182. The first-order valence-electron chi connectivity index (χ1n) is 4.14. The Morgan fingerprint density at radius 1 is 1.36 bits per heavy atom. The van der Waals surface area contributed by atoms with E-state index in [0.29, 0.717) is 5.02 Å². The van der Waals surface area contributed by atoms with Crippen molar-refractivity contribution in [2.45, 2.75) is 13.8 Å². The molecule has 3 heteroatoms. The smallest absolute Gasteiger partial charge is 0.152 e. The van der Waals surface area contributed by atoms with Crippen LogP contribution in [-0.2, 0) is 4.79 Å². The van der Waals surface area contributed by atoms with Gasteiger partial charge in [0.15, 0.2) is 5.78 Å². The minimum absolute atomic E-state index is 0.0404. The Morgan fingerprint density at radius 2 is 2.00 bits per heavy atom. The Labute approximate surface area is 96.9 Å². The van der Waals surface area contributed by atoms with Crippen LogP contribution in [0.4, 0.5) is 0 Å². The van der Waals surface area contributed by atoms with Crippen molar-refractivity contribution in [3.63, 3.8) is 0 Å². The molecule has 0 atom stereocenters. The summed E-state index contributed by atoms with van der Waals surface area (Å²) in [4.78, 5) is 10.9. The third-order valence-electron chi connectivity index (χ3n) is 1.74. The highest BCUT2D eigenvalue weighted by Gasteiger charge is 2.00. The third-order valence-corrected chi connectivity index (χ3v) is 2.41. The standard InChI is InChI=1S/C11H10BrClO/c1-7(3-8(2)14)9-4-10(12)6-11(13)5-9/h3-6H,1-2H3/b7-3+. The molecule has 0 aliphatic carbocycles. The molecule has 0 unspecified atom stereocenters. The average molecular weight is 274 g/mol. The Morgan fingerprint density at radius 3 is 2.50 bits per heavy atom. The van der Waals surface area contributed by atoms with Crippen LogP contribution >= 0.6 is 27.5 Å². The summed E-state index contributed by atoms with van der Waals surface area (Å²) in [6, 6.07) is 5.58. The van der Waals surface area contributed by atoms with Crippen LogP contribution in [-0.4, -0.2) is 5.78 Å². The number of ketones is 1. The average Bonchev–Trinajstić information content (AvgIpc) is 2.00. The summed E-state index contributed by atoms with van der Waals surface area (Å²) in [6.07, 6.45) is 1.60. The van der Waals surface area contributed by atoms with Gasteiger partial charge in [-0.05, 0) is 49.3 Å². The molecule has 0 bridgehead atoms. The van der Waals surface area contributed by atoms with Crippen molar-refractivity contribution in [3.05, 3.63) is 39.3 Å². The second kappa shape index (κ2) is 4.76. The van der Waals surface area contributed by atoms with Crippen LogP contribution < -0.4 is 0 Å². The number of carbonyl (C=O) groups excluding carboxylic acids is 1. The zero-order valence-electron chi connectivity index (χ0n) is 7.97. The van der Waals surface area contributed by atoms with Crippen LogP contribution in [0, 0.1) is 0 Å². The molecule has 74 valence electrons. The van der Waals surface area contributed by atoms with E-state index in [1.165, 1.54) is 6.92 Å². The van der Waals surface area contributed by atoms with E-state index in [-0.39, 0.29) is 5.78 Å². The Kier molecular flexibility index (Phi) is 3.90. The molecule has 0 saturated carbocycles. The van der Waals surface area contributed by atoms with Crippen molar-refractivity contribution < 1.29 is 4.79 Å². The molecule has 0 aliphatic heterocycles. The quantitative estimate of drug-likeness (QED) is 0.742. The summed E-state index contributed by atoms with van der Waals surface area (Å²) in [6.45, 7) is 3.42. The van der Waals surface area contributed by atoms with Gasteiger partial charge < -0.3 is 0 Å². The summed E-state index contributed by atoms with van der Waals surface area (Å²) in [5.74, 6) is 0.0404. The van der Waals surface area contributed by atoms with Gasteiger partial charge in [0.2, 0.25) is 0 Å². The van der Waals surface area contributed by atoms with E-state index >= 15 is 0 Å². The van der Waals surface area contributed by atoms with Crippen LogP contribution in [0.2, 0.25) is 5.02 Å². The molecule has 1 aromatic rings. The van der Waals surface area contributed by atoms with Crippen LogP contribution in [0.15, 0.2) is 28.7 Å². The lowest BCUT2D eigenvalue weighted by molar-refractivity contribution is -0.112. The van der Waals surface area contributed by atoms with E-state index in [9.17, 15) is 4.79 Å². The summed E-state index contributed by atoms with van der Waals surface area (Å²) >= 11 is 9.24. The molecule has 1 aromatic carbocycles. The second-order valence-electron chi connectivity index (χ2n) is 3.10. The fourth-order valence-corrected chi connectivity index (χ4v) is 2.03. The maximum Gasteiger partial charge on any atom is 0.152 e. The molecule has 0 N–H and O–H groups in total. The normalized spacial score (nSPS) is 11.6. The van der Waals surface area contributed by atoms with Crippen LogP contribution in [0.25, 0.3) is 5.57 Å². The highest BCUT2D eigenvalue weighted by molar-refractivity contribution is 9.10. The first-order chi connectivity index (χ1) is 6.49. The molecular weight excluding hydrogens is 263 g/mol. The van der Waals surface area contributed by atoms with E-state index in [2.05, 4.69) is 15.9 Å². The minimum atomic E-state index is 0.0404. The number of benzene rings is 1. The maximum absolute atomic E-state index is 10.9. The Bertz CT molecular complexity index is 376. The third kappa shape index (κ3) is 3.28. The van der Waals surface area contributed by atoms with E-state index in [1.54, 1.807) is 6.08 Å². The molecule has 0 saturated heterocycles. The molecule has 0 spiro atoms. The minimum Gasteiger partial charge on any atom is -0.295 e. The second-order valence-corrected chi connectivity index (χ2v) is 4.45. The predicted molar refractivity (Wildman–Crippen MR) is 63.5 cm³/mol. The molecule has 0 aromatic heterocycles. The molecule has 1 rings (SSSR count). The zero-order valence-corrected chi connectivity index (χ0v) is 10.3. The van der Waals surface area contributed by atoms with Crippen LogP contribution in [0.1, 0.15) is 19.4 Å². The first kappa shape index (κ1) is 11.5. The predicted octanol–water partition coefficient (Wildman–Crippen LogP) is 4.09. The maximum atomic E-state index is 10.9. The molecule has 0 fully saturated rings. The van der Waals surface area contributed by atoms with Crippen molar-refractivity contribution in [1.82, 2.24) is 0 Å². The van der Waals surface area contributed by atoms with Gasteiger partial charge >= 0.3 is 0 Å². The summed E-state index contributed by atoms with van der Waals surface area (Å²) in [5, 5.41) is 0.658. The van der Waals surface area contributed by atoms with Gasteiger partial charge in [0, 0.05) is 9.50 Å². The molecule has 0 aliphatic rings. The lowest BCUT2D eigenvalue weighted by Crippen LogP contribution is -1.86. The van der Waals surface area contributed by atoms with Crippen molar-refractivity contribution in [1.29, 1.82) is 0 Å². The highest BCUT2D eigenvalue weighted by atomic mass is 79.9. The summed E-state index contributed by atoms with van der Waals surface area (Å²) in [5.41, 5.74) is 1.88. The Balaban J connectivity index is 3.13. The van der Waals surface area contributed by atoms with Crippen molar-refractivity contribution in [2.75, 3.05) is 0 Å². The molecule has 0 heterocycles. The van der Waals surface area contributed by atoms with Gasteiger partial charge in [0.05, 0.1) is 0 Å². The fourth-order valence-electron chi connectivity index (χ4n) is 1.17. The largest absolute Gasteiger partial charge is 0.295 e. The van der Waals surface area contributed by atoms with E-state index in [0.717, 1.165) is 15.6 Å².